The summed E-state index contributed by atoms with van der Waals surface area (Å²) in [5, 5.41) is 0. The molecule has 1 saturated heterocycles. The molecule has 0 aromatic carbocycles. The van der Waals surface area contributed by atoms with Gasteiger partial charge in [0.05, 0.1) is 0 Å². The molecular weight excluding hydrogens is 296 g/mol. The normalized spacial score (nSPS) is 16.2. The van der Waals surface area contributed by atoms with Crippen molar-refractivity contribution in [1.29, 1.82) is 0 Å². The maximum Gasteiger partial charge on any atom is 0.410 e. The van der Waals surface area contributed by atoms with Crippen molar-refractivity contribution in [3.63, 3.8) is 0 Å². The Bertz CT molecular complexity index is 602. The van der Waals surface area contributed by atoms with Gasteiger partial charge < -0.3 is 21.1 Å². The van der Waals surface area contributed by atoms with E-state index >= 15 is 0 Å². The van der Waals surface area contributed by atoms with Crippen molar-refractivity contribution >= 4 is 17.7 Å². The Kier molecular flexibility index (Phi) is 4.77. The average molecular weight is 320 g/mol. The van der Waals surface area contributed by atoms with Crippen LogP contribution in [0.15, 0.2) is 12.1 Å². The molecule has 1 aliphatic heterocycles. The molecule has 1 aromatic rings. The number of ether oxygens (including phenoxy) is 1. The van der Waals surface area contributed by atoms with E-state index in [1.807, 2.05) is 20.8 Å². The molecule has 0 aliphatic carbocycles. The smallest absolute Gasteiger partial charge is 0.410 e. The van der Waals surface area contributed by atoms with Gasteiger partial charge in [0, 0.05) is 30.4 Å². The molecule has 0 unspecified atom stereocenters. The van der Waals surface area contributed by atoms with E-state index in [2.05, 4.69) is 4.98 Å². The van der Waals surface area contributed by atoms with Gasteiger partial charge in [-0.05, 0) is 45.7 Å². The molecule has 126 valence electrons. The molecule has 0 atom stereocenters. The Balaban J connectivity index is 2.02. The quantitative estimate of drug-likeness (QED) is 0.864. The summed E-state index contributed by atoms with van der Waals surface area (Å²) in [6, 6.07) is 3.24. The molecule has 23 heavy (non-hydrogen) atoms. The number of primary amides is 1. The molecule has 1 aromatic heterocycles. The van der Waals surface area contributed by atoms with Crippen molar-refractivity contribution in [2.24, 2.45) is 5.73 Å². The number of aromatic nitrogens is 1. The highest BCUT2D eigenvalue weighted by molar-refractivity contribution is 5.91. The zero-order valence-corrected chi connectivity index (χ0v) is 13.8. The molecule has 7 heteroatoms. The monoisotopic (exact) mass is 320 g/mol. The van der Waals surface area contributed by atoms with Crippen LogP contribution in [0.2, 0.25) is 0 Å². The van der Waals surface area contributed by atoms with Crippen molar-refractivity contribution in [1.82, 2.24) is 9.88 Å². The minimum atomic E-state index is -0.593. The van der Waals surface area contributed by atoms with Crippen LogP contribution in [0.5, 0.6) is 0 Å². The molecule has 0 bridgehead atoms. The first-order chi connectivity index (χ1) is 10.7. The van der Waals surface area contributed by atoms with Gasteiger partial charge >= 0.3 is 6.09 Å². The summed E-state index contributed by atoms with van der Waals surface area (Å²) >= 11 is 0. The van der Waals surface area contributed by atoms with Crippen LogP contribution in [0.25, 0.3) is 0 Å². The molecule has 0 spiro atoms. The third kappa shape index (κ3) is 4.58. The number of nitrogens with zero attached hydrogens (tertiary/aromatic N) is 2. The SMILES string of the molecule is CC(C)(C)OC(=O)N1CCC(c2cc(N)cc(C(N)=O)n2)CC1. The first kappa shape index (κ1) is 17.1. The number of rotatable bonds is 2. The lowest BCUT2D eigenvalue weighted by molar-refractivity contribution is 0.0204. The van der Waals surface area contributed by atoms with Crippen molar-refractivity contribution in [2.45, 2.75) is 45.1 Å². The average Bonchev–Trinajstić information content (AvgIpc) is 2.45. The number of piperidine rings is 1. The van der Waals surface area contributed by atoms with Gasteiger partial charge in [0.2, 0.25) is 0 Å². The summed E-state index contributed by atoms with van der Waals surface area (Å²) in [7, 11) is 0. The first-order valence-corrected chi connectivity index (χ1v) is 7.71. The molecule has 4 N–H and O–H groups in total. The molecular formula is C16H24N4O3. The van der Waals surface area contributed by atoms with Crippen LogP contribution in [-0.4, -0.2) is 40.6 Å². The predicted molar refractivity (Wildman–Crippen MR) is 86.9 cm³/mol. The van der Waals surface area contributed by atoms with E-state index < -0.39 is 11.5 Å². The van der Waals surface area contributed by atoms with Gasteiger partial charge in [-0.3, -0.25) is 4.79 Å². The molecule has 0 radical (unpaired) electrons. The second kappa shape index (κ2) is 6.44. The van der Waals surface area contributed by atoms with Crippen molar-refractivity contribution in [3.05, 3.63) is 23.5 Å². The molecule has 0 saturated carbocycles. The Morgan fingerprint density at radius 3 is 2.39 bits per heavy atom. The summed E-state index contributed by atoms with van der Waals surface area (Å²) in [5.41, 5.74) is 12.0. The van der Waals surface area contributed by atoms with Gasteiger partial charge in [-0.2, -0.15) is 0 Å². The van der Waals surface area contributed by atoms with Gasteiger partial charge in [0.25, 0.3) is 5.91 Å². The maximum absolute atomic E-state index is 12.1. The number of amides is 2. The molecule has 2 heterocycles. The molecule has 2 amide bonds. The van der Waals surface area contributed by atoms with Gasteiger partial charge in [0.1, 0.15) is 11.3 Å². The number of nitrogens with two attached hydrogens (primary N) is 2. The van der Waals surface area contributed by atoms with Crippen molar-refractivity contribution < 1.29 is 14.3 Å². The highest BCUT2D eigenvalue weighted by Gasteiger charge is 2.28. The number of carbonyl (C=O) groups is 2. The van der Waals surface area contributed by atoms with Crippen LogP contribution in [-0.2, 0) is 4.74 Å². The molecule has 1 aliphatic rings. The molecule has 7 nitrogen and oxygen atoms in total. The van der Waals surface area contributed by atoms with E-state index in [1.54, 1.807) is 11.0 Å². The number of pyridine rings is 1. The third-order valence-electron chi connectivity index (χ3n) is 3.68. The first-order valence-electron chi connectivity index (χ1n) is 7.71. The largest absolute Gasteiger partial charge is 0.444 e. The van der Waals surface area contributed by atoms with E-state index in [0.717, 1.165) is 18.5 Å². The van der Waals surface area contributed by atoms with Crippen molar-refractivity contribution in [2.75, 3.05) is 18.8 Å². The Morgan fingerprint density at radius 2 is 1.87 bits per heavy atom. The standard InChI is InChI=1S/C16H24N4O3/c1-16(2,3)23-15(22)20-6-4-10(5-7-20)12-8-11(17)9-13(19-12)14(18)21/h8-10H,4-7H2,1-3H3,(H2,17,19)(H2,18,21). The van der Waals surface area contributed by atoms with Gasteiger partial charge in [-0.1, -0.05) is 0 Å². The molecule has 2 rings (SSSR count). The van der Waals surface area contributed by atoms with Crippen LogP contribution in [0, 0.1) is 0 Å². The summed E-state index contributed by atoms with van der Waals surface area (Å²) < 4.78 is 5.38. The van der Waals surface area contributed by atoms with Crippen LogP contribution >= 0.6 is 0 Å². The Labute approximate surface area is 136 Å². The fourth-order valence-electron chi connectivity index (χ4n) is 2.59. The minimum Gasteiger partial charge on any atom is -0.444 e. The fraction of sp³-hybridized carbons (Fsp3) is 0.562. The lowest BCUT2D eigenvalue weighted by atomic mass is 9.93. The minimum absolute atomic E-state index is 0.148. The summed E-state index contributed by atoms with van der Waals surface area (Å²) in [6.07, 6.45) is 1.19. The highest BCUT2D eigenvalue weighted by atomic mass is 16.6. The highest BCUT2D eigenvalue weighted by Crippen LogP contribution is 2.28. The Hall–Kier alpha value is -2.31. The number of likely N-dealkylation sites (tertiary alicyclic amines) is 1. The van der Waals surface area contributed by atoms with E-state index in [0.29, 0.717) is 18.8 Å². The van der Waals surface area contributed by atoms with Crippen molar-refractivity contribution in [3.8, 4) is 0 Å². The second-order valence-corrected chi connectivity index (χ2v) is 6.82. The van der Waals surface area contributed by atoms with Crippen LogP contribution in [0.3, 0.4) is 0 Å². The molecule has 1 fully saturated rings. The number of anilines is 1. The number of hydrogen-bond donors (Lipinski definition) is 2. The summed E-state index contributed by atoms with van der Waals surface area (Å²) in [6.45, 7) is 6.71. The van der Waals surface area contributed by atoms with Gasteiger partial charge in [-0.25, -0.2) is 9.78 Å². The predicted octanol–water partition coefficient (Wildman–Crippen LogP) is 1.88. The summed E-state index contributed by atoms with van der Waals surface area (Å²) in [5.74, 6) is -0.444. The number of nitrogen functional groups attached to an aromatic ring is 1. The topological polar surface area (TPSA) is 112 Å². The van der Waals surface area contributed by atoms with Crippen LogP contribution in [0.1, 0.15) is 55.7 Å². The lowest BCUT2D eigenvalue weighted by Gasteiger charge is -2.33. The van der Waals surface area contributed by atoms with E-state index in [1.165, 1.54) is 6.07 Å². The zero-order valence-electron chi connectivity index (χ0n) is 13.8. The van der Waals surface area contributed by atoms with Gasteiger partial charge in [-0.15, -0.1) is 0 Å². The van der Waals surface area contributed by atoms with E-state index in [-0.39, 0.29) is 17.7 Å². The second-order valence-electron chi connectivity index (χ2n) is 6.82. The van der Waals surface area contributed by atoms with Gasteiger partial charge in [0.15, 0.2) is 0 Å². The van der Waals surface area contributed by atoms with E-state index in [4.69, 9.17) is 16.2 Å². The maximum atomic E-state index is 12.1. The lowest BCUT2D eigenvalue weighted by Crippen LogP contribution is -2.41. The number of hydrogen-bond acceptors (Lipinski definition) is 5. The Morgan fingerprint density at radius 1 is 1.26 bits per heavy atom. The number of carbonyl (C=O) groups excluding carboxylic acids is 2. The van der Waals surface area contributed by atoms with E-state index in [9.17, 15) is 9.59 Å². The van der Waals surface area contributed by atoms with Crippen LogP contribution in [0.4, 0.5) is 10.5 Å². The summed E-state index contributed by atoms with van der Waals surface area (Å²) in [4.78, 5) is 29.4. The third-order valence-corrected chi connectivity index (χ3v) is 3.68. The van der Waals surface area contributed by atoms with Crippen LogP contribution < -0.4 is 11.5 Å². The fourth-order valence-corrected chi connectivity index (χ4v) is 2.59. The zero-order chi connectivity index (χ0) is 17.2.